The van der Waals surface area contributed by atoms with E-state index in [1.807, 2.05) is 0 Å². The monoisotopic (exact) mass is 401 g/mol. The molecule has 0 heterocycles. The number of hydrogen-bond donors (Lipinski definition) is 1. The predicted molar refractivity (Wildman–Crippen MR) is 90.9 cm³/mol. The fraction of sp³-hybridized carbons (Fsp3) is 0.235. The van der Waals surface area contributed by atoms with E-state index in [-0.39, 0.29) is 16.2 Å². The number of rotatable bonds is 8. The third-order valence-electron chi connectivity index (χ3n) is 3.49. The predicted octanol–water partition coefficient (Wildman–Crippen LogP) is 2.00. The van der Waals surface area contributed by atoms with Crippen molar-refractivity contribution in [3.63, 3.8) is 0 Å². The number of methoxy groups -OCH3 is 2. The minimum absolute atomic E-state index is 0.149. The van der Waals surface area contributed by atoms with E-state index in [2.05, 4.69) is 4.72 Å². The lowest BCUT2D eigenvalue weighted by Crippen LogP contribution is -2.30. The zero-order chi connectivity index (χ0) is 20.0. The Morgan fingerprint density at radius 3 is 2.44 bits per heavy atom. The molecule has 0 aromatic heterocycles. The molecule has 10 heteroatoms. The number of ether oxygens (including phenoxy) is 3. The van der Waals surface area contributed by atoms with Gasteiger partial charge in [-0.15, -0.1) is 0 Å². The molecule has 0 fully saturated rings. The molecule has 0 unspecified atom stereocenters. The molecule has 0 atom stereocenters. The van der Waals surface area contributed by atoms with Crippen molar-refractivity contribution < 1.29 is 36.2 Å². The van der Waals surface area contributed by atoms with Crippen LogP contribution < -0.4 is 14.2 Å². The first-order chi connectivity index (χ1) is 12.8. The van der Waals surface area contributed by atoms with E-state index in [0.717, 1.165) is 6.07 Å². The van der Waals surface area contributed by atoms with Crippen LogP contribution in [0, 0.1) is 11.6 Å². The van der Waals surface area contributed by atoms with Crippen LogP contribution in [0.4, 0.5) is 8.78 Å². The van der Waals surface area contributed by atoms with Gasteiger partial charge in [-0.3, -0.25) is 4.79 Å². The Morgan fingerprint density at radius 1 is 1.07 bits per heavy atom. The van der Waals surface area contributed by atoms with Gasteiger partial charge in [0.2, 0.25) is 10.0 Å². The van der Waals surface area contributed by atoms with Gasteiger partial charge in [0.05, 0.1) is 19.1 Å². The highest BCUT2D eigenvalue weighted by molar-refractivity contribution is 7.89. The maximum atomic E-state index is 13.5. The van der Waals surface area contributed by atoms with Gasteiger partial charge in [-0.05, 0) is 18.2 Å². The smallest absolute Gasteiger partial charge is 0.321 e. The van der Waals surface area contributed by atoms with Gasteiger partial charge in [0.1, 0.15) is 13.2 Å². The average Bonchev–Trinajstić information content (AvgIpc) is 2.67. The van der Waals surface area contributed by atoms with Crippen LogP contribution in [0.25, 0.3) is 0 Å². The van der Waals surface area contributed by atoms with Gasteiger partial charge in [-0.2, -0.15) is 4.72 Å². The topological polar surface area (TPSA) is 90.9 Å². The molecule has 2 aromatic rings. The SMILES string of the molecule is COc1ccc(S(=O)(=O)NCC(=O)OCc2cccc(F)c2F)cc1OC. The molecular formula is C17H17F2NO6S. The van der Waals surface area contributed by atoms with Gasteiger partial charge in [-0.1, -0.05) is 12.1 Å². The first-order valence-corrected chi connectivity index (χ1v) is 9.07. The van der Waals surface area contributed by atoms with E-state index in [4.69, 9.17) is 14.2 Å². The van der Waals surface area contributed by atoms with Crippen LogP contribution in [0.15, 0.2) is 41.3 Å². The number of hydrogen-bond acceptors (Lipinski definition) is 6. The maximum Gasteiger partial charge on any atom is 0.321 e. The van der Waals surface area contributed by atoms with Gasteiger partial charge in [0, 0.05) is 11.6 Å². The number of esters is 1. The van der Waals surface area contributed by atoms with E-state index < -0.39 is 40.8 Å². The molecule has 0 bridgehead atoms. The molecule has 0 radical (unpaired) electrons. The lowest BCUT2D eigenvalue weighted by atomic mass is 10.2. The average molecular weight is 401 g/mol. The molecule has 0 amide bonds. The van der Waals surface area contributed by atoms with E-state index in [9.17, 15) is 22.0 Å². The summed E-state index contributed by atoms with van der Waals surface area (Å²) in [5, 5.41) is 0. The summed E-state index contributed by atoms with van der Waals surface area (Å²) in [7, 11) is -1.27. The van der Waals surface area contributed by atoms with Crippen LogP contribution >= 0.6 is 0 Å². The van der Waals surface area contributed by atoms with Crippen molar-refractivity contribution in [2.45, 2.75) is 11.5 Å². The number of carbonyl (C=O) groups excluding carboxylic acids is 1. The van der Waals surface area contributed by atoms with Crippen molar-refractivity contribution in [2.75, 3.05) is 20.8 Å². The van der Waals surface area contributed by atoms with E-state index >= 15 is 0 Å². The van der Waals surface area contributed by atoms with Crippen molar-refractivity contribution in [1.82, 2.24) is 4.72 Å². The molecular weight excluding hydrogens is 384 g/mol. The summed E-state index contributed by atoms with van der Waals surface area (Å²) < 4.78 is 67.9. The zero-order valence-corrected chi connectivity index (χ0v) is 15.3. The number of nitrogens with one attached hydrogen (secondary N) is 1. The van der Waals surface area contributed by atoms with Crippen LogP contribution in [-0.2, 0) is 26.2 Å². The zero-order valence-electron chi connectivity index (χ0n) is 14.5. The van der Waals surface area contributed by atoms with Gasteiger partial charge >= 0.3 is 5.97 Å². The van der Waals surface area contributed by atoms with Crippen molar-refractivity contribution in [1.29, 1.82) is 0 Å². The van der Waals surface area contributed by atoms with Crippen molar-refractivity contribution in [3.05, 3.63) is 53.6 Å². The van der Waals surface area contributed by atoms with Crippen LogP contribution in [-0.4, -0.2) is 35.2 Å². The number of carbonyl (C=O) groups is 1. The van der Waals surface area contributed by atoms with Gasteiger partial charge < -0.3 is 14.2 Å². The number of benzene rings is 2. The Bertz CT molecular complexity index is 933. The second-order valence-electron chi connectivity index (χ2n) is 5.21. The molecule has 0 aliphatic carbocycles. The molecule has 7 nitrogen and oxygen atoms in total. The molecule has 0 aliphatic heterocycles. The molecule has 0 spiro atoms. The Kier molecular flexibility index (Phi) is 6.70. The summed E-state index contributed by atoms with van der Waals surface area (Å²) in [6.45, 7) is -1.21. The number of sulfonamides is 1. The summed E-state index contributed by atoms with van der Waals surface area (Å²) in [4.78, 5) is 11.6. The summed E-state index contributed by atoms with van der Waals surface area (Å²) in [6.07, 6.45) is 0. The van der Waals surface area contributed by atoms with Gasteiger partial charge in [0.15, 0.2) is 23.1 Å². The first-order valence-electron chi connectivity index (χ1n) is 7.58. The van der Waals surface area contributed by atoms with Crippen molar-refractivity contribution >= 4 is 16.0 Å². The standard InChI is InChI=1S/C17H17F2NO6S/c1-24-14-7-6-12(8-15(14)25-2)27(22,23)20-9-16(21)26-10-11-4-3-5-13(18)17(11)19/h3-8,20H,9-10H2,1-2H3. The van der Waals surface area contributed by atoms with Gasteiger partial charge in [-0.25, -0.2) is 17.2 Å². The molecule has 0 aliphatic rings. The quantitative estimate of drug-likeness (QED) is 0.681. The highest BCUT2D eigenvalue weighted by Gasteiger charge is 2.19. The van der Waals surface area contributed by atoms with Crippen LogP contribution in [0.5, 0.6) is 11.5 Å². The minimum Gasteiger partial charge on any atom is -0.493 e. The summed E-state index contributed by atoms with van der Waals surface area (Å²) in [6, 6.07) is 7.35. The van der Waals surface area contributed by atoms with Gasteiger partial charge in [0.25, 0.3) is 0 Å². The molecule has 27 heavy (non-hydrogen) atoms. The molecule has 1 N–H and O–H groups in total. The van der Waals surface area contributed by atoms with Crippen LogP contribution in [0.1, 0.15) is 5.56 Å². The van der Waals surface area contributed by atoms with Crippen molar-refractivity contribution in [3.8, 4) is 11.5 Å². The third kappa shape index (κ3) is 5.14. The highest BCUT2D eigenvalue weighted by Crippen LogP contribution is 2.29. The summed E-state index contributed by atoms with van der Waals surface area (Å²) in [5.41, 5.74) is -0.161. The summed E-state index contributed by atoms with van der Waals surface area (Å²) in [5.74, 6) is -2.62. The first kappa shape index (κ1) is 20.6. The molecule has 0 saturated carbocycles. The molecule has 2 rings (SSSR count). The molecule has 2 aromatic carbocycles. The fourth-order valence-electron chi connectivity index (χ4n) is 2.09. The second-order valence-corrected chi connectivity index (χ2v) is 6.98. The lowest BCUT2D eigenvalue weighted by Gasteiger charge is -2.11. The number of halogens is 2. The van der Waals surface area contributed by atoms with E-state index in [1.165, 1.54) is 44.6 Å². The fourth-order valence-corrected chi connectivity index (χ4v) is 3.07. The Balaban J connectivity index is 1.98. The molecule has 0 saturated heterocycles. The Hall–Kier alpha value is -2.72. The molecule has 146 valence electrons. The minimum atomic E-state index is -4.03. The lowest BCUT2D eigenvalue weighted by molar-refractivity contribution is -0.143. The largest absolute Gasteiger partial charge is 0.493 e. The van der Waals surface area contributed by atoms with E-state index in [0.29, 0.717) is 5.75 Å². The van der Waals surface area contributed by atoms with Crippen LogP contribution in [0.2, 0.25) is 0 Å². The maximum absolute atomic E-state index is 13.5. The Labute approximate surface area is 154 Å². The Morgan fingerprint density at radius 2 is 1.78 bits per heavy atom. The highest BCUT2D eigenvalue weighted by atomic mass is 32.2. The normalized spacial score (nSPS) is 11.1. The van der Waals surface area contributed by atoms with E-state index in [1.54, 1.807) is 0 Å². The van der Waals surface area contributed by atoms with Crippen molar-refractivity contribution in [2.24, 2.45) is 0 Å². The second kappa shape index (κ2) is 8.78. The third-order valence-corrected chi connectivity index (χ3v) is 4.89. The summed E-state index contributed by atoms with van der Waals surface area (Å²) >= 11 is 0. The van der Waals surface area contributed by atoms with Crippen LogP contribution in [0.3, 0.4) is 0 Å².